The van der Waals surface area contributed by atoms with Crippen molar-refractivity contribution in [3.05, 3.63) is 12.2 Å². The van der Waals surface area contributed by atoms with Gasteiger partial charge in [0.25, 0.3) is 10.0 Å². The molecule has 1 aliphatic heterocycles. The maximum Gasteiger partial charge on any atom is 0.350 e. The molecule has 0 amide bonds. The topological polar surface area (TPSA) is 49.4 Å². The number of hydrogen-bond acceptors (Lipinski definition) is 3. The summed E-state index contributed by atoms with van der Waals surface area (Å²) in [6, 6.07) is 0. The molecule has 4 nitrogen and oxygen atoms in total. The number of sulfonamides is 1. The molecule has 21 heavy (non-hydrogen) atoms. The second-order valence-electron chi connectivity index (χ2n) is 5.96. The van der Waals surface area contributed by atoms with Gasteiger partial charge in [0, 0.05) is 13.1 Å². The van der Waals surface area contributed by atoms with Crippen LogP contribution in [0.1, 0.15) is 32.1 Å². The molecule has 1 N–H and O–H groups in total. The van der Waals surface area contributed by atoms with Crippen LogP contribution in [0.4, 0.5) is 8.78 Å². The van der Waals surface area contributed by atoms with Crippen LogP contribution in [-0.2, 0) is 10.0 Å². The summed E-state index contributed by atoms with van der Waals surface area (Å²) in [5, 5.41) is 3.45. The summed E-state index contributed by atoms with van der Waals surface area (Å²) in [5.74, 6) is -2.23. The SMILES string of the molecule is O=S(=O)(C(F)F)N1CCC(CNC[C@H]2CC=CCC2)CC1. The Bertz CT molecular complexity index is 446. The molecule has 7 heteroatoms. The number of halogens is 2. The molecule has 1 atom stereocenters. The number of nitrogens with one attached hydrogen (secondary N) is 1. The first kappa shape index (κ1) is 16.8. The molecule has 0 spiro atoms. The highest BCUT2D eigenvalue weighted by molar-refractivity contribution is 7.89. The van der Waals surface area contributed by atoms with E-state index in [0.717, 1.165) is 30.2 Å². The van der Waals surface area contributed by atoms with E-state index in [0.29, 0.717) is 24.7 Å². The third kappa shape index (κ3) is 4.72. The summed E-state index contributed by atoms with van der Waals surface area (Å²) in [6.45, 7) is 2.26. The molecular weight excluding hydrogens is 298 g/mol. The van der Waals surface area contributed by atoms with Crippen LogP contribution in [0.25, 0.3) is 0 Å². The van der Waals surface area contributed by atoms with Gasteiger partial charge in [0.05, 0.1) is 0 Å². The van der Waals surface area contributed by atoms with Gasteiger partial charge in [-0.05, 0) is 57.0 Å². The van der Waals surface area contributed by atoms with Crippen LogP contribution in [0.5, 0.6) is 0 Å². The van der Waals surface area contributed by atoms with Gasteiger partial charge in [0.15, 0.2) is 0 Å². The van der Waals surface area contributed by atoms with Crippen LogP contribution in [-0.4, -0.2) is 44.7 Å². The van der Waals surface area contributed by atoms with Crippen molar-refractivity contribution in [2.24, 2.45) is 11.8 Å². The fourth-order valence-corrected chi connectivity index (χ4v) is 3.96. The third-order valence-electron chi connectivity index (χ3n) is 4.40. The lowest BCUT2D eigenvalue weighted by Crippen LogP contribution is -2.43. The van der Waals surface area contributed by atoms with Crippen molar-refractivity contribution in [2.45, 2.75) is 37.9 Å². The van der Waals surface area contributed by atoms with Gasteiger partial charge in [-0.1, -0.05) is 12.2 Å². The number of allylic oxidation sites excluding steroid dienone is 2. The summed E-state index contributed by atoms with van der Waals surface area (Å²) in [6.07, 6.45) is 9.25. The molecule has 2 rings (SSSR count). The minimum absolute atomic E-state index is 0.213. The third-order valence-corrected chi connectivity index (χ3v) is 5.94. The van der Waals surface area contributed by atoms with Gasteiger partial charge in [-0.15, -0.1) is 0 Å². The molecule has 0 aromatic rings. The highest BCUT2D eigenvalue weighted by Gasteiger charge is 2.34. The molecule has 2 aliphatic rings. The molecule has 0 bridgehead atoms. The number of piperidine rings is 1. The Morgan fingerprint density at radius 2 is 1.76 bits per heavy atom. The zero-order valence-corrected chi connectivity index (χ0v) is 13.0. The van der Waals surface area contributed by atoms with Gasteiger partial charge < -0.3 is 5.32 Å². The highest BCUT2D eigenvalue weighted by Crippen LogP contribution is 2.22. The fraction of sp³-hybridized carbons (Fsp3) is 0.857. The Kier molecular flexibility index (Phi) is 6.13. The lowest BCUT2D eigenvalue weighted by Gasteiger charge is -2.31. The largest absolute Gasteiger partial charge is 0.350 e. The van der Waals surface area contributed by atoms with Crippen molar-refractivity contribution >= 4 is 10.0 Å². The number of nitrogens with zero attached hydrogens (tertiary/aromatic N) is 1. The standard InChI is InChI=1S/C14H24F2N2O2S/c15-14(16)21(19,20)18-8-6-13(7-9-18)11-17-10-12-4-2-1-3-5-12/h1-2,12-14,17H,3-11H2/t12-/m0/s1. The lowest BCUT2D eigenvalue weighted by atomic mass is 9.93. The fourth-order valence-electron chi connectivity index (χ4n) is 3.01. The van der Waals surface area contributed by atoms with E-state index in [1.807, 2.05) is 0 Å². The quantitative estimate of drug-likeness (QED) is 0.763. The van der Waals surface area contributed by atoms with Gasteiger partial charge >= 0.3 is 5.76 Å². The number of alkyl halides is 2. The second kappa shape index (κ2) is 7.65. The Labute approximate surface area is 125 Å². The van der Waals surface area contributed by atoms with E-state index < -0.39 is 15.8 Å². The molecule has 0 saturated carbocycles. The monoisotopic (exact) mass is 322 g/mol. The van der Waals surface area contributed by atoms with Gasteiger partial charge in [-0.2, -0.15) is 13.1 Å². The molecule has 0 radical (unpaired) electrons. The predicted octanol–water partition coefficient (Wildman–Crippen LogP) is 2.20. The van der Waals surface area contributed by atoms with E-state index in [9.17, 15) is 17.2 Å². The molecule has 122 valence electrons. The lowest BCUT2D eigenvalue weighted by molar-refractivity contribution is 0.202. The second-order valence-corrected chi connectivity index (χ2v) is 7.86. The first-order valence-corrected chi connectivity index (χ1v) is 9.13. The first-order valence-electron chi connectivity index (χ1n) is 7.63. The van der Waals surface area contributed by atoms with E-state index >= 15 is 0 Å². The normalized spacial score (nSPS) is 25.6. The van der Waals surface area contributed by atoms with Crippen molar-refractivity contribution in [3.63, 3.8) is 0 Å². The van der Waals surface area contributed by atoms with Gasteiger partial charge in [-0.25, -0.2) is 8.42 Å². The number of hydrogen-bond donors (Lipinski definition) is 1. The summed E-state index contributed by atoms with van der Waals surface area (Å²) in [5.41, 5.74) is 0. The summed E-state index contributed by atoms with van der Waals surface area (Å²) in [7, 11) is -4.39. The van der Waals surface area contributed by atoms with E-state index in [4.69, 9.17) is 0 Å². The Morgan fingerprint density at radius 1 is 1.10 bits per heavy atom. The first-order chi connectivity index (χ1) is 10.00. The van der Waals surface area contributed by atoms with Crippen molar-refractivity contribution in [3.8, 4) is 0 Å². The Morgan fingerprint density at radius 3 is 2.33 bits per heavy atom. The molecule has 0 aromatic carbocycles. The number of rotatable bonds is 6. The van der Waals surface area contributed by atoms with Crippen LogP contribution in [0.3, 0.4) is 0 Å². The Hall–Kier alpha value is -0.530. The van der Waals surface area contributed by atoms with Gasteiger partial charge in [0.2, 0.25) is 0 Å². The van der Waals surface area contributed by atoms with Crippen molar-refractivity contribution < 1.29 is 17.2 Å². The smallest absolute Gasteiger partial charge is 0.316 e. The Balaban J connectivity index is 1.66. The van der Waals surface area contributed by atoms with Crippen LogP contribution < -0.4 is 5.32 Å². The summed E-state index contributed by atoms with van der Waals surface area (Å²) < 4.78 is 48.6. The maximum atomic E-state index is 12.5. The van der Waals surface area contributed by atoms with Crippen molar-refractivity contribution in [1.29, 1.82) is 0 Å². The molecule has 0 aromatic heterocycles. The van der Waals surface area contributed by atoms with E-state index in [1.54, 1.807) is 0 Å². The van der Waals surface area contributed by atoms with Crippen LogP contribution >= 0.6 is 0 Å². The van der Waals surface area contributed by atoms with Gasteiger partial charge in [0.1, 0.15) is 0 Å². The van der Waals surface area contributed by atoms with E-state index in [-0.39, 0.29) is 13.1 Å². The molecule has 1 saturated heterocycles. The molecular formula is C14H24F2N2O2S. The van der Waals surface area contributed by atoms with Crippen molar-refractivity contribution in [2.75, 3.05) is 26.2 Å². The molecule has 1 heterocycles. The molecule has 0 unspecified atom stereocenters. The van der Waals surface area contributed by atoms with Crippen LogP contribution in [0.2, 0.25) is 0 Å². The molecule has 1 fully saturated rings. The highest BCUT2D eigenvalue weighted by atomic mass is 32.2. The van der Waals surface area contributed by atoms with Crippen molar-refractivity contribution in [1.82, 2.24) is 9.62 Å². The van der Waals surface area contributed by atoms with E-state index in [1.165, 1.54) is 6.42 Å². The van der Waals surface area contributed by atoms with Crippen LogP contribution in [0, 0.1) is 11.8 Å². The average Bonchev–Trinajstić information content (AvgIpc) is 2.49. The average molecular weight is 322 g/mol. The molecule has 1 aliphatic carbocycles. The summed E-state index contributed by atoms with van der Waals surface area (Å²) in [4.78, 5) is 0. The van der Waals surface area contributed by atoms with E-state index in [2.05, 4.69) is 17.5 Å². The predicted molar refractivity (Wildman–Crippen MR) is 78.6 cm³/mol. The zero-order valence-electron chi connectivity index (χ0n) is 12.2. The zero-order chi connectivity index (χ0) is 15.3. The van der Waals surface area contributed by atoms with Crippen LogP contribution in [0.15, 0.2) is 12.2 Å². The minimum Gasteiger partial charge on any atom is -0.316 e. The minimum atomic E-state index is -4.39. The van der Waals surface area contributed by atoms with Gasteiger partial charge in [-0.3, -0.25) is 0 Å². The maximum absolute atomic E-state index is 12.5. The summed E-state index contributed by atoms with van der Waals surface area (Å²) >= 11 is 0.